The van der Waals surface area contributed by atoms with E-state index in [4.69, 9.17) is 0 Å². The molecule has 0 bridgehead atoms. The van der Waals surface area contributed by atoms with Crippen molar-refractivity contribution < 1.29 is 0 Å². The molecule has 0 aromatic carbocycles. The van der Waals surface area contributed by atoms with Crippen LogP contribution < -0.4 is 5.32 Å². The molecule has 90 valence electrons. The van der Waals surface area contributed by atoms with Crippen LogP contribution in [0, 0.1) is 0 Å². The molecule has 5 nitrogen and oxygen atoms in total. The van der Waals surface area contributed by atoms with Crippen molar-refractivity contribution in [2.75, 3.05) is 11.5 Å². The van der Waals surface area contributed by atoms with E-state index in [1.54, 1.807) is 0 Å². The van der Waals surface area contributed by atoms with Gasteiger partial charge in [-0.05, 0) is 29.0 Å². The third kappa shape index (κ3) is 2.95. The standard InChI is InChI=1S/C10H19N5S/c1-8(2)11-6-10-12-13-14-15(10)9-4-3-5-16-7-9/h8-9,11H,3-7H2,1-2H3. The Labute approximate surface area is 100 Å². The van der Waals surface area contributed by atoms with E-state index in [-0.39, 0.29) is 0 Å². The average molecular weight is 241 g/mol. The highest BCUT2D eigenvalue weighted by Gasteiger charge is 2.20. The summed E-state index contributed by atoms with van der Waals surface area (Å²) in [6, 6.07) is 0.948. The molecule has 1 atom stereocenters. The van der Waals surface area contributed by atoms with E-state index in [1.165, 1.54) is 18.6 Å². The van der Waals surface area contributed by atoms with Crippen molar-refractivity contribution >= 4 is 11.8 Å². The molecule has 1 aromatic rings. The number of rotatable bonds is 4. The number of hydrogen-bond acceptors (Lipinski definition) is 5. The zero-order chi connectivity index (χ0) is 11.4. The Hall–Kier alpha value is -0.620. The molecule has 1 N–H and O–H groups in total. The van der Waals surface area contributed by atoms with Crippen LogP contribution in [0.3, 0.4) is 0 Å². The fourth-order valence-electron chi connectivity index (χ4n) is 1.82. The van der Waals surface area contributed by atoms with E-state index in [0.29, 0.717) is 12.1 Å². The van der Waals surface area contributed by atoms with Gasteiger partial charge in [0.25, 0.3) is 0 Å². The zero-order valence-electron chi connectivity index (χ0n) is 9.89. The van der Waals surface area contributed by atoms with Gasteiger partial charge in [0.15, 0.2) is 5.82 Å². The molecular weight excluding hydrogens is 222 g/mol. The summed E-state index contributed by atoms with van der Waals surface area (Å²) in [6.07, 6.45) is 2.47. The summed E-state index contributed by atoms with van der Waals surface area (Å²) < 4.78 is 2.00. The molecule has 0 amide bonds. The molecule has 1 saturated heterocycles. The van der Waals surface area contributed by atoms with Crippen molar-refractivity contribution in [2.24, 2.45) is 0 Å². The molecule has 0 radical (unpaired) electrons. The first-order valence-corrected chi connectivity index (χ1v) is 7.00. The van der Waals surface area contributed by atoms with Crippen molar-refractivity contribution in [1.82, 2.24) is 25.5 Å². The predicted octanol–water partition coefficient (Wildman–Crippen LogP) is 1.24. The lowest BCUT2D eigenvalue weighted by molar-refractivity contribution is 0.419. The minimum Gasteiger partial charge on any atom is -0.308 e. The highest BCUT2D eigenvalue weighted by molar-refractivity contribution is 7.99. The van der Waals surface area contributed by atoms with Crippen LogP contribution in [0.2, 0.25) is 0 Å². The Balaban J connectivity index is 2.00. The number of thioether (sulfide) groups is 1. The SMILES string of the molecule is CC(C)NCc1nnnn1C1CCCSC1. The van der Waals surface area contributed by atoms with Crippen molar-refractivity contribution in [2.45, 2.75) is 45.3 Å². The van der Waals surface area contributed by atoms with Gasteiger partial charge in [-0.2, -0.15) is 11.8 Å². The van der Waals surface area contributed by atoms with Crippen molar-refractivity contribution in [3.8, 4) is 0 Å². The van der Waals surface area contributed by atoms with E-state index in [1.807, 2.05) is 16.4 Å². The number of nitrogens with zero attached hydrogens (tertiary/aromatic N) is 4. The van der Waals surface area contributed by atoms with Crippen LogP contribution in [0.4, 0.5) is 0 Å². The van der Waals surface area contributed by atoms with Crippen LogP contribution in [0.1, 0.15) is 38.6 Å². The smallest absolute Gasteiger partial charge is 0.165 e. The summed E-state index contributed by atoms with van der Waals surface area (Å²) in [5.41, 5.74) is 0. The molecule has 0 saturated carbocycles. The lowest BCUT2D eigenvalue weighted by Crippen LogP contribution is -2.26. The van der Waals surface area contributed by atoms with Crippen LogP contribution in [0.25, 0.3) is 0 Å². The largest absolute Gasteiger partial charge is 0.308 e. The summed E-state index contributed by atoms with van der Waals surface area (Å²) in [6.45, 7) is 5.01. The topological polar surface area (TPSA) is 55.6 Å². The van der Waals surface area contributed by atoms with Gasteiger partial charge < -0.3 is 5.32 Å². The Morgan fingerprint density at radius 1 is 1.56 bits per heavy atom. The summed E-state index contributed by atoms with van der Waals surface area (Å²) in [5, 5.41) is 15.4. The Morgan fingerprint density at radius 3 is 3.12 bits per heavy atom. The number of aromatic nitrogens is 4. The van der Waals surface area contributed by atoms with Gasteiger partial charge >= 0.3 is 0 Å². The Morgan fingerprint density at radius 2 is 2.44 bits per heavy atom. The first-order valence-electron chi connectivity index (χ1n) is 5.85. The quantitative estimate of drug-likeness (QED) is 0.859. The number of hydrogen-bond donors (Lipinski definition) is 1. The van der Waals surface area contributed by atoms with Crippen LogP contribution >= 0.6 is 11.8 Å². The normalized spacial score (nSPS) is 21.6. The lowest BCUT2D eigenvalue weighted by atomic mass is 10.2. The van der Waals surface area contributed by atoms with Gasteiger partial charge in [-0.1, -0.05) is 13.8 Å². The van der Waals surface area contributed by atoms with E-state index in [0.717, 1.165) is 18.1 Å². The molecule has 1 aliphatic heterocycles. The average Bonchev–Trinajstić information content (AvgIpc) is 2.75. The second kappa shape index (κ2) is 5.63. The minimum atomic E-state index is 0.464. The van der Waals surface area contributed by atoms with Gasteiger partial charge in [0, 0.05) is 11.8 Å². The van der Waals surface area contributed by atoms with E-state index in [2.05, 4.69) is 34.7 Å². The fraction of sp³-hybridized carbons (Fsp3) is 0.900. The van der Waals surface area contributed by atoms with Crippen molar-refractivity contribution in [3.05, 3.63) is 5.82 Å². The van der Waals surface area contributed by atoms with Crippen molar-refractivity contribution in [3.63, 3.8) is 0 Å². The van der Waals surface area contributed by atoms with Gasteiger partial charge in [0.2, 0.25) is 0 Å². The highest BCUT2D eigenvalue weighted by Crippen LogP contribution is 2.26. The van der Waals surface area contributed by atoms with Crippen molar-refractivity contribution in [1.29, 1.82) is 0 Å². The summed E-state index contributed by atoms with van der Waals surface area (Å²) >= 11 is 2.00. The second-order valence-corrected chi connectivity index (χ2v) is 5.60. The predicted molar refractivity (Wildman–Crippen MR) is 65.4 cm³/mol. The molecule has 1 aliphatic rings. The Kier molecular flexibility index (Phi) is 4.17. The van der Waals surface area contributed by atoms with E-state index in [9.17, 15) is 0 Å². The molecule has 1 aromatic heterocycles. The fourth-order valence-corrected chi connectivity index (χ4v) is 2.94. The van der Waals surface area contributed by atoms with Crippen LogP contribution in [0.5, 0.6) is 0 Å². The lowest BCUT2D eigenvalue weighted by Gasteiger charge is -2.22. The number of tetrazole rings is 1. The third-order valence-electron chi connectivity index (χ3n) is 2.71. The summed E-state index contributed by atoms with van der Waals surface area (Å²) in [7, 11) is 0. The van der Waals surface area contributed by atoms with Gasteiger partial charge in [-0.15, -0.1) is 5.10 Å². The van der Waals surface area contributed by atoms with Crippen LogP contribution in [-0.4, -0.2) is 37.8 Å². The maximum absolute atomic E-state index is 4.12. The van der Waals surface area contributed by atoms with Gasteiger partial charge in [0.1, 0.15) is 0 Å². The van der Waals surface area contributed by atoms with E-state index >= 15 is 0 Å². The maximum atomic E-state index is 4.12. The third-order valence-corrected chi connectivity index (χ3v) is 3.91. The molecule has 2 rings (SSSR count). The highest BCUT2D eigenvalue weighted by atomic mass is 32.2. The molecule has 16 heavy (non-hydrogen) atoms. The van der Waals surface area contributed by atoms with Gasteiger partial charge in [0.05, 0.1) is 12.6 Å². The van der Waals surface area contributed by atoms with Gasteiger partial charge in [-0.3, -0.25) is 0 Å². The van der Waals surface area contributed by atoms with Gasteiger partial charge in [-0.25, -0.2) is 4.68 Å². The first kappa shape index (κ1) is 11.9. The molecule has 0 spiro atoms. The van der Waals surface area contributed by atoms with E-state index < -0.39 is 0 Å². The zero-order valence-corrected chi connectivity index (χ0v) is 10.7. The Bertz CT molecular complexity index is 319. The number of nitrogens with one attached hydrogen (secondary N) is 1. The molecule has 1 fully saturated rings. The minimum absolute atomic E-state index is 0.464. The first-order chi connectivity index (χ1) is 7.77. The van der Waals surface area contributed by atoms with Crippen LogP contribution in [0.15, 0.2) is 0 Å². The molecule has 1 unspecified atom stereocenters. The van der Waals surface area contributed by atoms with Crippen LogP contribution in [-0.2, 0) is 6.54 Å². The molecule has 2 heterocycles. The molecular formula is C10H19N5S. The monoisotopic (exact) mass is 241 g/mol. The summed E-state index contributed by atoms with van der Waals surface area (Å²) in [4.78, 5) is 0. The summed E-state index contributed by atoms with van der Waals surface area (Å²) in [5.74, 6) is 3.37. The molecule has 0 aliphatic carbocycles. The maximum Gasteiger partial charge on any atom is 0.165 e. The second-order valence-electron chi connectivity index (χ2n) is 4.45. The molecule has 6 heteroatoms.